The zero-order valence-corrected chi connectivity index (χ0v) is 15.6. The van der Waals surface area contributed by atoms with Crippen molar-refractivity contribution >= 4 is 5.78 Å². The topological polar surface area (TPSA) is 76.0 Å². The summed E-state index contributed by atoms with van der Waals surface area (Å²) in [4.78, 5) is 24.7. The number of unbranched alkanes of at least 4 members (excludes halogenated alkanes) is 1. The lowest BCUT2D eigenvalue weighted by Crippen LogP contribution is -2.24. The van der Waals surface area contributed by atoms with Gasteiger partial charge in [0.2, 0.25) is 0 Å². The lowest BCUT2D eigenvalue weighted by atomic mass is 9.92. The van der Waals surface area contributed by atoms with E-state index >= 15 is 0 Å². The molecule has 0 aliphatic carbocycles. The van der Waals surface area contributed by atoms with Gasteiger partial charge in [-0.15, -0.1) is 0 Å². The molecular weight excluding hydrogens is 338 g/mol. The van der Waals surface area contributed by atoms with Gasteiger partial charge in [0.05, 0.1) is 5.69 Å². The van der Waals surface area contributed by atoms with Gasteiger partial charge in [-0.2, -0.15) is 0 Å². The van der Waals surface area contributed by atoms with Crippen LogP contribution in [0, 0.1) is 0 Å². The van der Waals surface area contributed by atoms with Gasteiger partial charge in [0.15, 0.2) is 5.78 Å². The van der Waals surface area contributed by atoms with E-state index in [1.54, 1.807) is 56.0 Å². The normalized spacial score (nSPS) is 13.1. The minimum absolute atomic E-state index is 0.0743. The van der Waals surface area contributed by atoms with Gasteiger partial charge in [-0.1, -0.05) is 25.5 Å². The van der Waals surface area contributed by atoms with Gasteiger partial charge < -0.3 is 5.11 Å². The molecule has 0 fully saturated rings. The Morgan fingerprint density at radius 1 is 1.00 bits per heavy atom. The number of pyridine rings is 3. The second kappa shape index (κ2) is 8.18. The molecule has 5 heteroatoms. The molecule has 0 aliphatic rings. The summed E-state index contributed by atoms with van der Waals surface area (Å²) in [6.07, 6.45) is 9.09. The molecule has 0 bridgehead atoms. The lowest BCUT2D eigenvalue weighted by Gasteiger charge is -2.23. The number of nitrogens with zero attached hydrogens (tertiary/aromatic N) is 3. The van der Waals surface area contributed by atoms with Gasteiger partial charge in [0.25, 0.3) is 0 Å². The van der Waals surface area contributed by atoms with Crippen LogP contribution in [0.2, 0.25) is 0 Å². The predicted octanol–water partition coefficient (Wildman–Crippen LogP) is 4.17. The van der Waals surface area contributed by atoms with Crippen LogP contribution in [-0.2, 0) is 5.60 Å². The van der Waals surface area contributed by atoms with Crippen LogP contribution < -0.4 is 0 Å². The SMILES string of the molecule is CCCCC(=O)c1ccc(-c2ccc(C(C)(O)c3ccncc3)nc2)cn1. The first-order valence-corrected chi connectivity index (χ1v) is 9.11. The quantitative estimate of drug-likeness (QED) is 0.639. The Balaban J connectivity index is 1.78. The first-order valence-electron chi connectivity index (χ1n) is 9.11. The van der Waals surface area contributed by atoms with E-state index in [1.165, 1.54) is 0 Å². The van der Waals surface area contributed by atoms with E-state index in [0.717, 1.165) is 29.5 Å². The highest BCUT2D eigenvalue weighted by Crippen LogP contribution is 2.28. The number of rotatable bonds is 7. The molecule has 1 unspecified atom stereocenters. The highest BCUT2D eigenvalue weighted by molar-refractivity contribution is 5.94. The smallest absolute Gasteiger partial charge is 0.181 e. The molecule has 138 valence electrons. The third kappa shape index (κ3) is 4.26. The van der Waals surface area contributed by atoms with Crippen molar-refractivity contribution < 1.29 is 9.90 Å². The third-order valence-electron chi connectivity index (χ3n) is 4.64. The minimum Gasteiger partial charge on any atom is -0.379 e. The Kier molecular flexibility index (Phi) is 5.72. The highest BCUT2D eigenvalue weighted by atomic mass is 16.3. The number of hydrogen-bond donors (Lipinski definition) is 1. The average molecular weight is 361 g/mol. The van der Waals surface area contributed by atoms with Crippen molar-refractivity contribution in [3.05, 3.63) is 78.1 Å². The molecule has 3 rings (SSSR count). The van der Waals surface area contributed by atoms with Crippen molar-refractivity contribution in [3.8, 4) is 11.1 Å². The van der Waals surface area contributed by atoms with Gasteiger partial charge in [0, 0.05) is 42.3 Å². The maximum atomic E-state index is 12.0. The van der Waals surface area contributed by atoms with Crippen LogP contribution in [0.1, 0.15) is 54.9 Å². The minimum atomic E-state index is -1.20. The number of Topliss-reactive ketones (excluding diaryl/α,β-unsaturated/α-hetero) is 1. The summed E-state index contributed by atoms with van der Waals surface area (Å²) in [6, 6.07) is 10.9. The Hall–Kier alpha value is -2.92. The fourth-order valence-corrected chi connectivity index (χ4v) is 2.87. The van der Waals surface area contributed by atoms with Crippen LogP contribution >= 0.6 is 0 Å². The number of hydrogen-bond acceptors (Lipinski definition) is 5. The van der Waals surface area contributed by atoms with Crippen LogP contribution in [0.25, 0.3) is 11.1 Å². The molecule has 0 saturated heterocycles. The molecule has 0 aromatic carbocycles. The Labute approximate surface area is 159 Å². The van der Waals surface area contributed by atoms with E-state index in [-0.39, 0.29) is 5.78 Å². The molecule has 5 nitrogen and oxygen atoms in total. The van der Waals surface area contributed by atoms with E-state index in [0.29, 0.717) is 17.8 Å². The van der Waals surface area contributed by atoms with Gasteiger partial charge >= 0.3 is 0 Å². The largest absolute Gasteiger partial charge is 0.379 e. The van der Waals surface area contributed by atoms with E-state index < -0.39 is 5.60 Å². The standard InChI is InChI=1S/C22H23N3O2/c1-3-4-5-20(26)19-8-6-16(14-24-19)17-7-9-21(25-15-17)22(2,27)18-10-12-23-13-11-18/h6-15,27H,3-5H2,1-2H3. The fourth-order valence-electron chi connectivity index (χ4n) is 2.87. The van der Waals surface area contributed by atoms with Crippen molar-refractivity contribution in [1.29, 1.82) is 0 Å². The van der Waals surface area contributed by atoms with Crippen LogP contribution in [0.15, 0.2) is 61.2 Å². The molecule has 0 radical (unpaired) electrons. The van der Waals surface area contributed by atoms with Crippen LogP contribution in [0.5, 0.6) is 0 Å². The maximum absolute atomic E-state index is 12.0. The van der Waals surface area contributed by atoms with E-state index in [1.807, 2.05) is 12.1 Å². The number of aliphatic hydroxyl groups is 1. The lowest BCUT2D eigenvalue weighted by molar-refractivity contribution is 0.0968. The van der Waals surface area contributed by atoms with Gasteiger partial charge in [-0.05, 0) is 43.2 Å². The highest BCUT2D eigenvalue weighted by Gasteiger charge is 2.27. The molecule has 3 heterocycles. The van der Waals surface area contributed by atoms with Crippen molar-refractivity contribution in [2.45, 2.75) is 38.7 Å². The van der Waals surface area contributed by atoms with Gasteiger partial charge in [0.1, 0.15) is 11.3 Å². The average Bonchev–Trinajstić information content (AvgIpc) is 2.73. The van der Waals surface area contributed by atoms with Crippen molar-refractivity contribution in [2.75, 3.05) is 0 Å². The third-order valence-corrected chi connectivity index (χ3v) is 4.64. The molecule has 0 saturated carbocycles. The molecule has 3 aromatic rings. The first kappa shape index (κ1) is 18.9. The summed E-state index contributed by atoms with van der Waals surface area (Å²) in [5.74, 6) is 0.0743. The summed E-state index contributed by atoms with van der Waals surface area (Å²) < 4.78 is 0. The Morgan fingerprint density at radius 3 is 2.22 bits per heavy atom. The summed E-state index contributed by atoms with van der Waals surface area (Å²) in [5, 5.41) is 10.8. The van der Waals surface area contributed by atoms with Crippen LogP contribution in [-0.4, -0.2) is 25.8 Å². The zero-order chi connectivity index (χ0) is 19.3. The monoisotopic (exact) mass is 361 g/mol. The molecular formula is C22H23N3O2. The van der Waals surface area contributed by atoms with Gasteiger partial charge in [-0.3, -0.25) is 19.7 Å². The summed E-state index contributed by atoms with van der Waals surface area (Å²) >= 11 is 0. The number of aromatic nitrogens is 3. The number of ketones is 1. The molecule has 27 heavy (non-hydrogen) atoms. The molecule has 0 aliphatic heterocycles. The van der Waals surface area contributed by atoms with E-state index in [2.05, 4.69) is 21.9 Å². The van der Waals surface area contributed by atoms with E-state index in [4.69, 9.17) is 0 Å². The second-order valence-corrected chi connectivity index (χ2v) is 6.70. The van der Waals surface area contributed by atoms with Crippen molar-refractivity contribution in [3.63, 3.8) is 0 Å². The summed E-state index contributed by atoms with van der Waals surface area (Å²) in [6.45, 7) is 3.77. The molecule has 3 aromatic heterocycles. The molecule has 1 N–H and O–H groups in total. The van der Waals surface area contributed by atoms with E-state index in [9.17, 15) is 9.90 Å². The second-order valence-electron chi connectivity index (χ2n) is 6.70. The number of carbonyl (C=O) groups is 1. The number of carbonyl (C=O) groups excluding carboxylic acids is 1. The predicted molar refractivity (Wildman–Crippen MR) is 104 cm³/mol. The molecule has 0 amide bonds. The fraction of sp³-hybridized carbons (Fsp3) is 0.273. The maximum Gasteiger partial charge on any atom is 0.181 e. The van der Waals surface area contributed by atoms with Crippen LogP contribution in [0.4, 0.5) is 0 Å². The Morgan fingerprint density at radius 2 is 1.67 bits per heavy atom. The molecule has 1 atom stereocenters. The Bertz CT molecular complexity index is 889. The van der Waals surface area contributed by atoms with Crippen molar-refractivity contribution in [2.24, 2.45) is 0 Å². The molecule has 0 spiro atoms. The first-order chi connectivity index (χ1) is 13.0. The van der Waals surface area contributed by atoms with Gasteiger partial charge in [-0.25, -0.2) is 0 Å². The zero-order valence-electron chi connectivity index (χ0n) is 15.6. The summed E-state index contributed by atoms with van der Waals surface area (Å²) in [5.41, 5.74) is 2.34. The summed E-state index contributed by atoms with van der Waals surface area (Å²) in [7, 11) is 0. The van der Waals surface area contributed by atoms with Crippen molar-refractivity contribution in [1.82, 2.24) is 15.0 Å². The van der Waals surface area contributed by atoms with Crippen LogP contribution in [0.3, 0.4) is 0 Å².